The summed E-state index contributed by atoms with van der Waals surface area (Å²) < 4.78 is 5.67. The molecule has 0 aromatic heterocycles. The van der Waals surface area contributed by atoms with Gasteiger partial charge in [-0.05, 0) is 49.1 Å². The molecular weight excluding hydrogens is 388 g/mol. The van der Waals surface area contributed by atoms with Gasteiger partial charge in [-0.2, -0.15) is 0 Å². The number of hydrogen-bond donors (Lipinski definition) is 1. The molecule has 2 aromatic rings. The number of carbonyl (C=O) groups is 2. The van der Waals surface area contributed by atoms with Crippen LogP contribution in [0.1, 0.15) is 31.9 Å². The van der Waals surface area contributed by atoms with E-state index in [1.54, 1.807) is 30.0 Å². The summed E-state index contributed by atoms with van der Waals surface area (Å²) in [5, 5.41) is 3.55. The lowest BCUT2D eigenvalue weighted by molar-refractivity contribution is -0.142. The molecule has 0 fully saturated rings. The van der Waals surface area contributed by atoms with Crippen molar-refractivity contribution in [3.05, 3.63) is 64.7 Å². The molecule has 0 saturated carbocycles. The molecule has 5 nitrogen and oxygen atoms in total. The average molecular weight is 417 g/mol. The first-order valence-corrected chi connectivity index (χ1v) is 10.2. The van der Waals surface area contributed by atoms with Gasteiger partial charge in [-0.15, -0.1) is 0 Å². The molecule has 0 aliphatic carbocycles. The average Bonchev–Trinajstić information content (AvgIpc) is 2.71. The first-order valence-electron chi connectivity index (χ1n) is 9.78. The van der Waals surface area contributed by atoms with Crippen molar-refractivity contribution in [2.24, 2.45) is 5.92 Å². The normalized spacial score (nSPS) is 11.8. The van der Waals surface area contributed by atoms with E-state index in [9.17, 15) is 9.59 Å². The Bertz CT molecular complexity index is 824. The third-order valence-electron chi connectivity index (χ3n) is 4.54. The number of amides is 2. The number of rotatable bonds is 9. The summed E-state index contributed by atoms with van der Waals surface area (Å²) in [5.41, 5.74) is 1.82. The number of halogens is 1. The Morgan fingerprint density at radius 2 is 1.79 bits per heavy atom. The van der Waals surface area contributed by atoms with E-state index in [1.807, 2.05) is 51.1 Å². The highest BCUT2D eigenvalue weighted by atomic mass is 35.5. The Hall–Kier alpha value is -2.53. The van der Waals surface area contributed by atoms with Gasteiger partial charge < -0.3 is 15.0 Å². The van der Waals surface area contributed by atoms with E-state index in [-0.39, 0.29) is 18.4 Å². The number of ether oxygens (including phenoxy) is 1. The molecule has 0 aliphatic heterocycles. The first kappa shape index (κ1) is 22.8. The van der Waals surface area contributed by atoms with Gasteiger partial charge >= 0.3 is 0 Å². The quantitative estimate of drug-likeness (QED) is 0.665. The van der Waals surface area contributed by atoms with E-state index in [1.165, 1.54) is 0 Å². The Labute approximate surface area is 178 Å². The molecule has 2 rings (SSSR count). The topological polar surface area (TPSA) is 58.6 Å². The minimum Gasteiger partial charge on any atom is -0.484 e. The molecule has 0 bridgehead atoms. The van der Waals surface area contributed by atoms with Crippen molar-refractivity contribution in [3.8, 4) is 5.75 Å². The first-order chi connectivity index (χ1) is 13.8. The monoisotopic (exact) mass is 416 g/mol. The molecule has 29 heavy (non-hydrogen) atoms. The minimum atomic E-state index is -0.614. The van der Waals surface area contributed by atoms with Crippen LogP contribution in [-0.2, 0) is 16.1 Å². The molecule has 156 valence electrons. The molecule has 0 heterocycles. The van der Waals surface area contributed by atoms with E-state index in [4.69, 9.17) is 16.3 Å². The highest BCUT2D eigenvalue weighted by molar-refractivity contribution is 6.31. The van der Waals surface area contributed by atoms with E-state index < -0.39 is 6.04 Å². The summed E-state index contributed by atoms with van der Waals surface area (Å²) in [5.74, 6) is 0.469. The highest BCUT2D eigenvalue weighted by Crippen LogP contribution is 2.21. The minimum absolute atomic E-state index is 0.157. The Kier molecular flexibility index (Phi) is 8.52. The predicted molar refractivity (Wildman–Crippen MR) is 116 cm³/mol. The van der Waals surface area contributed by atoms with Crippen molar-refractivity contribution in [1.82, 2.24) is 10.2 Å². The maximum absolute atomic E-state index is 13.0. The highest BCUT2D eigenvalue weighted by Gasteiger charge is 2.26. The molecule has 1 atom stereocenters. The number of benzene rings is 2. The lowest BCUT2D eigenvalue weighted by atomic mass is 10.1. The number of nitrogens with zero attached hydrogens (tertiary/aromatic N) is 1. The lowest BCUT2D eigenvalue weighted by Gasteiger charge is -2.29. The van der Waals surface area contributed by atoms with Crippen LogP contribution in [0.15, 0.2) is 48.5 Å². The van der Waals surface area contributed by atoms with Gasteiger partial charge in [0.1, 0.15) is 11.8 Å². The van der Waals surface area contributed by atoms with Crippen LogP contribution in [-0.4, -0.2) is 35.9 Å². The van der Waals surface area contributed by atoms with Crippen molar-refractivity contribution in [2.75, 3.05) is 13.2 Å². The van der Waals surface area contributed by atoms with E-state index in [2.05, 4.69) is 5.32 Å². The Morgan fingerprint density at radius 1 is 1.10 bits per heavy atom. The molecule has 0 radical (unpaired) electrons. The molecule has 2 amide bonds. The zero-order chi connectivity index (χ0) is 21.4. The van der Waals surface area contributed by atoms with Crippen molar-refractivity contribution >= 4 is 23.4 Å². The van der Waals surface area contributed by atoms with Crippen molar-refractivity contribution in [1.29, 1.82) is 0 Å². The van der Waals surface area contributed by atoms with Crippen molar-refractivity contribution < 1.29 is 14.3 Å². The smallest absolute Gasteiger partial charge is 0.261 e. The molecule has 6 heteroatoms. The molecule has 0 saturated heterocycles. The summed E-state index contributed by atoms with van der Waals surface area (Å²) in [6.45, 7) is 8.41. The Morgan fingerprint density at radius 3 is 2.41 bits per heavy atom. The van der Waals surface area contributed by atoms with Gasteiger partial charge in [0, 0.05) is 18.1 Å². The van der Waals surface area contributed by atoms with Crippen LogP contribution in [0.5, 0.6) is 5.75 Å². The zero-order valence-electron chi connectivity index (χ0n) is 17.4. The third-order valence-corrected chi connectivity index (χ3v) is 4.96. The van der Waals surface area contributed by atoms with Crippen molar-refractivity contribution in [2.45, 2.75) is 40.3 Å². The van der Waals surface area contributed by atoms with E-state index in [0.717, 1.165) is 11.1 Å². The predicted octanol–water partition coefficient (Wildman–Crippen LogP) is 4.22. The maximum atomic E-state index is 13.0. The van der Waals surface area contributed by atoms with Gasteiger partial charge in [-0.3, -0.25) is 9.59 Å². The fourth-order valence-corrected chi connectivity index (χ4v) is 2.87. The summed E-state index contributed by atoms with van der Waals surface area (Å²) in [7, 11) is 0. The molecular formula is C23H29ClN2O3. The zero-order valence-corrected chi connectivity index (χ0v) is 18.2. The second kappa shape index (κ2) is 10.9. The third kappa shape index (κ3) is 7.09. The summed E-state index contributed by atoms with van der Waals surface area (Å²) in [4.78, 5) is 27.1. The van der Waals surface area contributed by atoms with Crippen LogP contribution in [0.3, 0.4) is 0 Å². The van der Waals surface area contributed by atoms with Crippen LogP contribution in [0.25, 0.3) is 0 Å². The molecule has 2 aromatic carbocycles. The summed E-state index contributed by atoms with van der Waals surface area (Å²) in [6, 6.07) is 14.2. The molecule has 0 spiro atoms. The van der Waals surface area contributed by atoms with Crippen LogP contribution in [0, 0.1) is 12.8 Å². The SMILES string of the molecule is Cc1cc(OCC(=O)N(Cc2ccccc2)[C@H](C)C(=O)NCC(C)C)ccc1Cl. The van der Waals surface area contributed by atoms with Crippen LogP contribution >= 0.6 is 11.6 Å². The van der Waals surface area contributed by atoms with Gasteiger partial charge in [-0.25, -0.2) is 0 Å². The molecule has 0 aliphatic rings. The van der Waals surface area contributed by atoms with Crippen LogP contribution in [0.4, 0.5) is 0 Å². The number of aryl methyl sites for hydroxylation is 1. The maximum Gasteiger partial charge on any atom is 0.261 e. The largest absolute Gasteiger partial charge is 0.484 e. The fourth-order valence-electron chi connectivity index (χ4n) is 2.75. The van der Waals surface area contributed by atoms with Crippen LogP contribution in [0.2, 0.25) is 5.02 Å². The second-order valence-electron chi connectivity index (χ2n) is 7.52. The summed E-state index contributed by atoms with van der Waals surface area (Å²) in [6.07, 6.45) is 0. The summed E-state index contributed by atoms with van der Waals surface area (Å²) >= 11 is 6.04. The second-order valence-corrected chi connectivity index (χ2v) is 7.93. The van der Waals surface area contributed by atoms with Gasteiger partial charge in [-0.1, -0.05) is 55.8 Å². The lowest BCUT2D eigenvalue weighted by Crippen LogP contribution is -2.49. The van der Waals surface area contributed by atoms with Crippen molar-refractivity contribution in [3.63, 3.8) is 0 Å². The molecule has 1 N–H and O–H groups in total. The van der Waals surface area contributed by atoms with Gasteiger partial charge in [0.25, 0.3) is 5.91 Å². The van der Waals surface area contributed by atoms with E-state index >= 15 is 0 Å². The fraction of sp³-hybridized carbons (Fsp3) is 0.391. The van der Waals surface area contributed by atoms with E-state index in [0.29, 0.717) is 29.8 Å². The van der Waals surface area contributed by atoms with Gasteiger partial charge in [0.05, 0.1) is 0 Å². The van der Waals surface area contributed by atoms with Gasteiger partial charge in [0.2, 0.25) is 5.91 Å². The number of nitrogens with one attached hydrogen (secondary N) is 1. The van der Waals surface area contributed by atoms with Crippen LogP contribution < -0.4 is 10.1 Å². The standard InChI is InChI=1S/C23H29ClN2O3/c1-16(2)13-25-23(28)18(4)26(14-19-8-6-5-7-9-19)22(27)15-29-20-10-11-21(24)17(3)12-20/h5-12,16,18H,13-15H2,1-4H3,(H,25,28)/t18-/m1/s1. The molecule has 0 unspecified atom stereocenters. The number of carbonyl (C=O) groups excluding carboxylic acids is 2. The Balaban J connectivity index is 2.10. The number of hydrogen-bond acceptors (Lipinski definition) is 3. The van der Waals surface area contributed by atoms with Gasteiger partial charge in [0.15, 0.2) is 6.61 Å².